The van der Waals surface area contributed by atoms with Crippen LogP contribution >= 0.6 is 0 Å². The molecule has 4 aromatic rings. The van der Waals surface area contributed by atoms with Crippen molar-refractivity contribution in [1.29, 1.82) is 0 Å². The van der Waals surface area contributed by atoms with Crippen molar-refractivity contribution in [2.45, 2.75) is 11.8 Å². The van der Waals surface area contributed by atoms with Gasteiger partial charge in [0.15, 0.2) is 0 Å². The number of sulfonamides is 1. The second-order valence-corrected chi connectivity index (χ2v) is 8.25. The Bertz CT molecular complexity index is 1290. The lowest BCUT2D eigenvalue weighted by Crippen LogP contribution is -2.14. The zero-order chi connectivity index (χ0) is 20.6. The molecule has 0 fully saturated rings. The van der Waals surface area contributed by atoms with E-state index in [-0.39, 0.29) is 10.5 Å². The number of carboxylic acids is 1. The van der Waals surface area contributed by atoms with E-state index in [9.17, 15) is 18.3 Å². The molecule has 0 aliphatic rings. The zero-order valence-corrected chi connectivity index (χ0v) is 16.2. The van der Waals surface area contributed by atoms with Gasteiger partial charge in [-0.1, -0.05) is 18.2 Å². The van der Waals surface area contributed by atoms with Crippen LogP contribution in [0.25, 0.3) is 22.4 Å². The van der Waals surface area contributed by atoms with Gasteiger partial charge in [0.25, 0.3) is 10.0 Å². The van der Waals surface area contributed by atoms with Crippen LogP contribution in [0.1, 0.15) is 15.9 Å². The van der Waals surface area contributed by atoms with Gasteiger partial charge in [0.05, 0.1) is 21.5 Å². The zero-order valence-electron chi connectivity index (χ0n) is 15.4. The Morgan fingerprint density at radius 3 is 2.45 bits per heavy atom. The third kappa shape index (κ3) is 3.70. The summed E-state index contributed by atoms with van der Waals surface area (Å²) in [6.45, 7) is 1.62. The first-order valence-electron chi connectivity index (χ1n) is 8.75. The van der Waals surface area contributed by atoms with Crippen LogP contribution < -0.4 is 4.72 Å². The van der Waals surface area contributed by atoms with Gasteiger partial charge in [-0.2, -0.15) is 0 Å². The normalized spacial score (nSPS) is 11.5. The maximum absolute atomic E-state index is 12.6. The average Bonchev–Trinajstić information content (AvgIpc) is 3.12. The van der Waals surface area contributed by atoms with Crippen LogP contribution in [-0.4, -0.2) is 29.5 Å². The number of fused-ring (bicyclic) bond motifs is 1. The SMILES string of the molecule is Cc1ccc(S(=O)(=O)Nc2ccc(-c3nc4ccccc4[nH]3)cc2)cc1C(=O)O. The summed E-state index contributed by atoms with van der Waals surface area (Å²) in [7, 11) is -3.92. The highest BCUT2D eigenvalue weighted by Crippen LogP contribution is 2.24. The number of aromatic nitrogens is 2. The maximum Gasteiger partial charge on any atom is 0.335 e. The van der Waals surface area contributed by atoms with E-state index in [1.165, 1.54) is 12.1 Å². The number of hydrogen-bond acceptors (Lipinski definition) is 4. The van der Waals surface area contributed by atoms with Crippen LogP contribution in [0.4, 0.5) is 5.69 Å². The molecule has 0 unspecified atom stereocenters. The molecule has 1 aromatic heterocycles. The fourth-order valence-electron chi connectivity index (χ4n) is 3.00. The molecule has 29 heavy (non-hydrogen) atoms. The molecule has 0 bridgehead atoms. The second-order valence-electron chi connectivity index (χ2n) is 6.57. The fraction of sp³-hybridized carbons (Fsp3) is 0.0476. The lowest BCUT2D eigenvalue weighted by Gasteiger charge is -2.10. The van der Waals surface area contributed by atoms with Gasteiger partial charge in [-0.25, -0.2) is 18.2 Å². The summed E-state index contributed by atoms with van der Waals surface area (Å²) < 4.78 is 27.7. The number of aryl methyl sites for hydroxylation is 1. The summed E-state index contributed by atoms with van der Waals surface area (Å²) >= 11 is 0. The van der Waals surface area contributed by atoms with Crippen LogP contribution in [-0.2, 0) is 10.0 Å². The molecule has 0 aliphatic heterocycles. The van der Waals surface area contributed by atoms with E-state index in [1.807, 2.05) is 24.3 Å². The third-order valence-corrected chi connectivity index (χ3v) is 5.93. The molecule has 4 rings (SSSR count). The van der Waals surface area contributed by atoms with Gasteiger partial charge < -0.3 is 10.1 Å². The third-order valence-electron chi connectivity index (χ3n) is 4.55. The largest absolute Gasteiger partial charge is 0.478 e. The Labute approximate surface area is 167 Å². The van der Waals surface area contributed by atoms with Gasteiger partial charge in [0, 0.05) is 11.3 Å². The van der Waals surface area contributed by atoms with E-state index in [1.54, 1.807) is 31.2 Å². The first kappa shape index (κ1) is 18.7. The highest BCUT2D eigenvalue weighted by molar-refractivity contribution is 7.92. The van der Waals surface area contributed by atoms with Crippen molar-refractivity contribution < 1.29 is 18.3 Å². The van der Waals surface area contributed by atoms with Crippen LogP contribution in [0.3, 0.4) is 0 Å². The number of carboxylic acid groups (broad SMARTS) is 1. The Morgan fingerprint density at radius 1 is 1.03 bits per heavy atom. The molecule has 7 nitrogen and oxygen atoms in total. The molecular formula is C21H17N3O4S. The Hall–Kier alpha value is -3.65. The van der Waals surface area contributed by atoms with Crippen molar-refractivity contribution in [2.24, 2.45) is 0 Å². The van der Waals surface area contributed by atoms with Crippen molar-refractivity contribution in [2.75, 3.05) is 4.72 Å². The molecule has 3 aromatic carbocycles. The minimum Gasteiger partial charge on any atom is -0.478 e. The number of imidazole rings is 1. The van der Waals surface area contributed by atoms with Crippen LogP contribution in [0, 0.1) is 6.92 Å². The number of anilines is 1. The number of hydrogen-bond donors (Lipinski definition) is 3. The predicted molar refractivity (Wildman–Crippen MR) is 110 cm³/mol. The number of aromatic carboxylic acids is 1. The van der Waals surface area contributed by atoms with Crippen LogP contribution in [0.15, 0.2) is 71.6 Å². The standard InChI is InChI=1S/C21H17N3O4S/c1-13-6-11-16(12-17(13)21(25)26)29(27,28)24-15-9-7-14(8-10-15)20-22-18-4-2-3-5-19(18)23-20/h2-12,24H,1H3,(H,22,23)(H,25,26). The summed E-state index contributed by atoms with van der Waals surface area (Å²) in [6.07, 6.45) is 0. The van der Waals surface area contributed by atoms with E-state index >= 15 is 0 Å². The highest BCUT2D eigenvalue weighted by Gasteiger charge is 2.18. The summed E-state index contributed by atoms with van der Waals surface area (Å²) in [5.41, 5.74) is 3.39. The minimum atomic E-state index is -3.92. The van der Waals surface area contributed by atoms with Crippen molar-refractivity contribution >= 4 is 32.7 Å². The van der Waals surface area contributed by atoms with E-state index in [0.29, 0.717) is 17.1 Å². The molecule has 0 atom stereocenters. The quantitative estimate of drug-likeness (QED) is 0.462. The number of nitrogens with zero attached hydrogens (tertiary/aromatic N) is 1. The first-order valence-corrected chi connectivity index (χ1v) is 10.2. The topological polar surface area (TPSA) is 112 Å². The van der Waals surface area contributed by atoms with E-state index < -0.39 is 16.0 Å². The number of nitrogens with one attached hydrogen (secondary N) is 2. The average molecular weight is 407 g/mol. The fourth-order valence-corrected chi connectivity index (χ4v) is 4.08. The van der Waals surface area contributed by atoms with Gasteiger partial charge in [0.1, 0.15) is 5.82 Å². The molecule has 0 radical (unpaired) electrons. The summed E-state index contributed by atoms with van der Waals surface area (Å²) in [4.78, 5) is 18.9. The van der Waals surface area contributed by atoms with Gasteiger partial charge >= 0.3 is 5.97 Å². The number of carbonyl (C=O) groups is 1. The van der Waals surface area contributed by atoms with Crippen molar-refractivity contribution in [1.82, 2.24) is 9.97 Å². The molecule has 146 valence electrons. The van der Waals surface area contributed by atoms with Crippen molar-refractivity contribution in [3.05, 3.63) is 77.9 Å². The molecule has 0 amide bonds. The smallest absolute Gasteiger partial charge is 0.335 e. The van der Waals surface area contributed by atoms with Gasteiger partial charge in [-0.05, 0) is 61.0 Å². The minimum absolute atomic E-state index is 0.0480. The second kappa shape index (κ2) is 7.06. The van der Waals surface area contributed by atoms with Crippen molar-refractivity contribution in [3.8, 4) is 11.4 Å². The van der Waals surface area contributed by atoms with Gasteiger partial charge in [-0.3, -0.25) is 4.72 Å². The molecule has 8 heteroatoms. The molecule has 0 saturated heterocycles. The Morgan fingerprint density at radius 2 is 1.76 bits per heavy atom. The molecular weight excluding hydrogens is 390 g/mol. The Kier molecular flexibility index (Phi) is 4.56. The Balaban J connectivity index is 1.59. The maximum atomic E-state index is 12.6. The monoisotopic (exact) mass is 407 g/mol. The number of benzene rings is 3. The van der Waals surface area contributed by atoms with Crippen LogP contribution in [0.2, 0.25) is 0 Å². The number of rotatable bonds is 5. The molecule has 0 aliphatic carbocycles. The number of aromatic amines is 1. The first-order chi connectivity index (χ1) is 13.8. The summed E-state index contributed by atoms with van der Waals surface area (Å²) in [5, 5.41) is 9.21. The predicted octanol–water partition coefficient (Wildman–Crippen LogP) is 4.04. The van der Waals surface area contributed by atoms with Crippen molar-refractivity contribution in [3.63, 3.8) is 0 Å². The number of H-pyrrole nitrogens is 1. The molecule has 3 N–H and O–H groups in total. The van der Waals surface area contributed by atoms with Gasteiger partial charge in [0.2, 0.25) is 0 Å². The highest BCUT2D eigenvalue weighted by atomic mass is 32.2. The summed E-state index contributed by atoms with van der Waals surface area (Å²) in [6, 6.07) is 18.5. The lowest BCUT2D eigenvalue weighted by atomic mass is 10.1. The van der Waals surface area contributed by atoms with E-state index in [4.69, 9.17) is 0 Å². The van der Waals surface area contributed by atoms with Crippen LogP contribution in [0.5, 0.6) is 0 Å². The van der Waals surface area contributed by atoms with E-state index in [0.717, 1.165) is 22.7 Å². The molecule has 1 heterocycles. The molecule has 0 spiro atoms. The summed E-state index contributed by atoms with van der Waals surface area (Å²) in [5.74, 6) is -0.486. The number of para-hydroxylation sites is 2. The molecule has 0 saturated carbocycles. The van der Waals surface area contributed by atoms with Gasteiger partial charge in [-0.15, -0.1) is 0 Å². The lowest BCUT2D eigenvalue weighted by molar-refractivity contribution is 0.0696. The van der Waals surface area contributed by atoms with E-state index in [2.05, 4.69) is 14.7 Å².